The molecule has 0 saturated carbocycles. The van der Waals surface area contributed by atoms with Crippen LogP contribution in [-0.2, 0) is 9.53 Å². The third-order valence-corrected chi connectivity index (χ3v) is 3.38. The van der Waals surface area contributed by atoms with E-state index in [1.165, 1.54) is 0 Å². The van der Waals surface area contributed by atoms with Crippen molar-refractivity contribution < 1.29 is 9.53 Å². The first-order valence-corrected chi connectivity index (χ1v) is 6.60. The second-order valence-electron chi connectivity index (χ2n) is 5.23. The Morgan fingerprint density at radius 3 is 2.53 bits per heavy atom. The zero-order valence-electron chi connectivity index (χ0n) is 11.7. The summed E-state index contributed by atoms with van der Waals surface area (Å²) in [5.74, 6) is 0.562. The summed E-state index contributed by atoms with van der Waals surface area (Å²) >= 11 is 0. The highest BCUT2D eigenvalue weighted by atomic mass is 16.5. The van der Waals surface area contributed by atoms with Crippen molar-refractivity contribution in [1.29, 1.82) is 0 Å². The molecule has 1 heterocycles. The summed E-state index contributed by atoms with van der Waals surface area (Å²) in [6.07, 6.45) is 2.35. The highest BCUT2D eigenvalue weighted by Crippen LogP contribution is 2.20. The standard InChI is InChI=1S/C13H26N2O2/c1-6-7-11-14-12(9(2)3)13(16)15(11)8-10(4)17-5/h9-12,14H,6-8H2,1-5H3. The number of nitrogens with one attached hydrogen (secondary N) is 1. The summed E-state index contributed by atoms with van der Waals surface area (Å²) in [5, 5.41) is 3.44. The topological polar surface area (TPSA) is 41.6 Å². The van der Waals surface area contributed by atoms with E-state index >= 15 is 0 Å². The van der Waals surface area contributed by atoms with Crippen molar-refractivity contribution in [3.05, 3.63) is 0 Å². The van der Waals surface area contributed by atoms with Crippen LogP contribution in [-0.4, -0.2) is 42.8 Å². The number of hydrogen-bond donors (Lipinski definition) is 1. The number of methoxy groups -OCH3 is 1. The fourth-order valence-corrected chi connectivity index (χ4v) is 2.26. The number of amides is 1. The highest BCUT2D eigenvalue weighted by Gasteiger charge is 2.39. The lowest BCUT2D eigenvalue weighted by Gasteiger charge is -2.26. The van der Waals surface area contributed by atoms with Gasteiger partial charge >= 0.3 is 0 Å². The first-order valence-electron chi connectivity index (χ1n) is 6.60. The zero-order chi connectivity index (χ0) is 13.0. The van der Waals surface area contributed by atoms with E-state index in [4.69, 9.17) is 4.74 Å². The first kappa shape index (κ1) is 14.5. The average Bonchev–Trinajstić information content (AvgIpc) is 2.58. The molecule has 1 amide bonds. The summed E-state index contributed by atoms with van der Waals surface area (Å²) in [6, 6.07) is -0.0318. The van der Waals surface area contributed by atoms with Gasteiger partial charge in [0.25, 0.3) is 0 Å². The van der Waals surface area contributed by atoms with Gasteiger partial charge in [-0.15, -0.1) is 0 Å². The Bertz CT molecular complexity index is 256. The molecule has 0 aromatic carbocycles. The minimum atomic E-state index is -0.0318. The molecule has 1 rings (SSSR count). The molecule has 1 saturated heterocycles. The van der Waals surface area contributed by atoms with Gasteiger partial charge < -0.3 is 9.64 Å². The van der Waals surface area contributed by atoms with E-state index in [1.54, 1.807) is 7.11 Å². The molecule has 0 aromatic heterocycles. The predicted molar refractivity (Wildman–Crippen MR) is 68.6 cm³/mol. The Morgan fingerprint density at radius 1 is 1.41 bits per heavy atom. The van der Waals surface area contributed by atoms with Gasteiger partial charge in [0.1, 0.15) is 0 Å². The van der Waals surface area contributed by atoms with Crippen LogP contribution < -0.4 is 5.32 Å². The minimum absolute atomic E-state index is 0.0318. The first-order chi connectivity index (χ1) is 8.01. The van der Waals surface area contributed by atoms with E-state index in [1.807, 2.05) is 11.8 Å². The van der Waals surface area contributed by atoms with Crippen LogP contribution in [0.3, 0.4) is 0 Å². The third kappa shape index (κ3) is 3.42. The van der Waals surface area contributed by atoms with Gasteiger partial charge in [-0.1, -0.05) is 27.2 Å². The molecule has 1 fully saturated rings. The van der Waals surface area contributed by atoms with Crippen molar-refractivity contribution in [2.24, 2.45) is 5.92 Å². The summed E-state index contributed by atoms with van der Waals surface area (Å²) < 4.78 is 5.26. The molecule has 0 radical (unpaired) electrons. The van der Waals surface area contributed by atoms with Gasteiger partial charge in [-0.2, -0.15) is 0 Å². The Hall–Kier alpha value is -0.610. The van der Waals surface area contributed by atoms with Gasteiger partial charge in [-0.05, 0) is 19.3 Å². The van der Waals surface area contributed by atoms with E-state index in [9.17, 15) is 4.79 Å². The molecule has 100 valence electrons. The molecule has 1 aliphatic rings. The molecule has 1 aliphatic heterocycles. The van der Waals surface area contributed by atoms with E-state index in [-0.39, 0.29) is 24.2 Å². The molecule has 3 unspecified atom stereocenters. The summed E-state index contributed by atoms with van der Waals surface area (Å²) in [7, 11) is 1.69. The minimum Gasteiger partial charge on any atom is -0.380 e. The maximum absolute atomic E-state index is 12.3. The number of hydrogen-bond acceptors (Lipinski definition) is 3. The molecule has 1 N–H and O–H groups in total. The molecule has 4 nitrogen and oxygen atoms in total. The van der Waals surface area contributed by atoms with Gasteiger partial charge in [-0.25, -0.2) is 0 Å². The van der Waals surface area contributed by atoms with Crippen molar-refractivity contribution in [3.8, 4) is 0 Å². The molecule has 3 atom stereocenters. The van der Waals surface area contributed by atoms with Crippen molar-refractivity contribution in [2.45, 2.75) is 58.8 Å². The van der Waals surface area contributed by atoms with Gasteiger partial charge in [0.05, 0.1) is 18.3 Å². The number of rotatable bonds is 6. The Morgan fingerprint density at radius 2 is 2.06 bits per heavy atom. The van der Waals surface area contributed by atoms with Crippen molar-refractivity contribution >= 4 is 5.91 Å². The van der Waals surface area contributed by atoms with Crippen LogP contribution in [0.4, 0.5) is 0 Å². The van der Waals surface area contributed by atoms with Gasteiger partial charge in [0, 0.05) is 13.7 Å². The van der Waals surface area contributed by atoms with Crippen molar-refractivity contribution in [3.63, 3.8) is 0 Å². The normalized spacial score (nSPS) is 26.9. The van der Waals surface area contributed by atoms with Gasteiger partial charge in [-0.3, -0.25) is 10.1 Å². The van der Waals surface area contributed by atoms with Crippen LogP contribution in [0, 0.1) is 5.92 Å². The largest absolute Gasteiger partial charge is 0.380 e. The molecule has 0 aromatic rings. The lowest BCUT2D eigenvalue weighted by atomic mass is 10.1. The number of carbonyl (C=O) groups is 1. The van der Waals surface area contributed by atoms with E-state index in [2.05, 4.69) is 26.1 Å². The quantitative estimate of drug-likeness (QED) is 0.769. The fraction of sp³-hybridized carbons (Fsp3) is 0.923. The smallest absolute Gasteiger partial charge is 0.241 e. The fourth-order valence-electron chi connectivity index (χ4n) is 2.26. The lowest BCUT2D eigenvalue weighted by molar-refractivity contribution is -0.132. The molecule has 17 heavy (non-hydrogen) atoms. The van der Waals surface area contributed by atoms with Crippen molar-refractivity contribution in [2.75, 3.05) is 13.7 Å². The molecular formula is C13H26N2O2. The van der Waals surface area contributed by atoms with E-state index in [0.29, 0.717) is 12.5 Å². The lowest BCUT2D eigenvalue weighted by Crippen LogP contribution is -2.41. The monoisotopic (exact) mass is 242 g/mol. The average molecular weight is 242 g/mol. The van der Waals surface area contributed by atoms with Gasteiger partial charge in [0.15, 0.2) is 0 Å². The third-order valence-electron chi connectivity index (χ3n) is 3.38. The van der Waals surface area contributed by atoms with Crippen LogP contribution in [0.15, 0.2) is 0 Å². The molecular weight excluding hydrogens is 216 g/mol. The molecule has 0 spiro atoms. The van der Waals surface area contributed by atoms with Crippen molar-refractivity contribution in [1.82, 2.24) is 10.2 Å². The second-order valence-corrected chi connectivity index (χ2v) is 5.23. The Kier molecular flexibility index (Phi) is 5.40. The van der Waals surface area contributed by atoms with E-state index in [0.717, 1.165) is 12.8 Å². The maximum Gasteiger partial charge on any atom is 0.241 e. The second kappa shape index (κ2) is 6.36. The zero-order valence-corrected chi connectivity index (χ0v) is 11.7. The summed E-state index contributed by atoms with van der Waals surface area (Å²) in [6.45, 7) is 8.99. The highest BCUT2D eigenvalue weighted by molar-refractivity contribution is 5.84. The predicted octanol–water partition coefficient (Wildman–Crippen LogP) is 1.60. The molecule has 0 bridgehead atoms. The maximum atomic E-state index is 12.3. The van der Waals surface area contributed by atoms with Crippen LogP contribution >= 0.6 is 0 Å². The number of ether oxygens (including phenoxy) is 1. The SMILES string of the molecule is CCCC1NC(C(C)C)C(=O)N1CC(C)OC. The van der Waals surface area contributed by atoms with Gasteiger partial charge in [0.2, 0.25) is 5.91 Å². The van der Waals surface area contributed by atoms with Crippen LogP contribution in [0.2, 0.25) is 0 Å². The Balaban J connectivity index is 2.71. The number of nitrogens with zero attached hydrogens (tertiary/aromatic N) is 1. The summed E-state index contributed by atoms with van der Waals surface area (Å²) in [5.41, 5.74) is 0. The van der Waals surface area contributed by atoms with Crippen LogP contribution in [0.25, 0.3) is 0 Å². The molecule has 0 aliphatic carbocycles. The number of carbonyl (C=O) groups excluding carboxylic acids is 1. The molecule has 4 heteroatoms. The van der Waals surface area contributed by atoms with Crippen LogP contribution in [0.5, 0.6) is 0 Å². The summed E-state index contributed by atoms with van der Waals surface area (Å²) in [4.78, 5) is 14.2. The van der Waals surface area contributed by atoms with E-state index < -0.39 is 0 Å². The van der Waals surface area contributed by atoms with Crippen LogP contribution in [0.1, 0.15) is 40.5 Å². The Labute approximate surface area is 105 Å².